The molecule has 3 N–H and O–H groups in total. The van der Waals surface area contributed by atoms with Gasteiger partial charge in [-0.3, -0.25) is 29.8 Å². The molecule has 1 aromatic heterocycles. The van der Waals surface area contributed by atoms with Crippen LogP contribution in [-0.2, 0) is 30.8 Å². The number of pyridine rings is 1. The molecule has 2 aliphatic carbocycles. The van der Waals surface area contributed by atoms with E-state index < -0.39 is 81.2 Å². The van der Waals surface area contributed by atoms with Gasteiger partial charge in [0.25, 0.3) is 23.6 Å². The predicted molar refractivity (Wildman–Crippen MR) is 165 cm³/mol. The van der Waals surface area contributed by atoms with E-state index in [1.54, 1.807) is 36.4 Å². The first-order valence-electron chi connectivity index (χ1n) is 15.0. The largest absolute Gasteiger partial charge is 0.504 e. The molecular formula is C33H25Cl2F3N4O7. The van der Waals surface area contributed by atoms with Crippen molar-refractivity contribution in [3.63, 3.8) is 0 Å². The van der Waals surface area contributed by atoms with Gasteiger partial charge >= 0.3 is 6.18 Å². The number of aromatic nitrogens is 1. The first-order valence-corrected chi connectivity index (χ1v) is 15.7. The summed E-state index contributed by atoms with van der Waals surface area (Å²) >= 11 is 12.4. The van der Waals surface area contributed by atoms with E-state index in [9.17, 15) is 37.9 Å². The number of alkyl halides is 3. The van der Waals surface area contributed by atoms with Crippen LogP contribution in [0.2, 0.25) is 10.0 Å². The van der Waals surface area contributed by atoms with Gasteiger partial charge in [-0.2, -0.15) is 23.2 Å². The molecule has 3 fully saturated rings. The number of phenols is 1. The number of hydrazine groups is 1. The molecule has 0 spiro atoms. The number of ether oxygens (including phenoxy) is 1. The van der Waals surface area contributed by atoms with Crippen molar-refractivity contribution in [1.29, 1.82) is 0 Å². The summed E-state index contributed by atoms with van der Waals surface area (Å²) in [4.78, 5) is 59.6. The summed E-state index contributed by atoms with van der Waals surface area (Å²) in [5.74, 6) is -8.77. The third-order valence-electron chi connectivity index (χ3n) is 10.1. The molecule has 0 radical (unpaired) electrons. The Labute approximate surface area is 285 Å². The Morgan fingerprint density at radius 1 is 1.00 bits per heavy atom. The van der Waals surface area contributed by atoms with Crippen molar-refractivity contribution in [3.8, 4) is 11.5 Å². The van der Waals surface area contributed by atoms with E-state index in [-0.39, 0.29) is 29.4 Å². The Morgan fingerprint density at radius 2 is 1.71 bits per heavy atom. The molecule has 11 nitrogen and oxygen atoms in total. The zero-order valence-corrected chi connectivity index (χ0v) is 26.8. The number of phenolic OH excluding ortho intramolecular Hbond substituents is 1. The zero-order chi connectivity index (χ0) is 35.2. The number of nitrogens with one attached hydrogen (secondary N) is 1. The lowest BCUT2D eigenvalue weighted by molar-refractivity contribution is -0.173. The number of carbonyl (C=O) groups is 4. The number of anilines is 1. The topological polar surface area (TPSA) is 149 Å². The summed E-state index contributed by atoms with van der Waals surface area (Å²) in [5.41, 5.74) is 0.948. The van der Waals surface area contributed by atoms with Crippen LogP contribution in [0.1, 0.15) is 35.4 Å². The van der Waals surface area contributed by atoms with Crippen LogP contribution in [0.5, 0.6) is 11.5 Å². The van der Waals surface area contributed by atoms with Gasteiger partial charge < -0.3 is 9.84 Å². The van der Waals surface area contributed by atoms with Crippen LogP contribution in [0.25, 0.3) is 0 Å². The van der Waals surface area contributed by atoms with Crippen molar-refractivity contribution in [3.05, 3.63) is 93.1 Å². The highest BCUT2D eigenvalue weighted by atomic mass is 35.5. The predicted octanol–water partition coefficient (Wildman–Crippen LogP) is 5.50. The third-order valence-corrected chi connectivity index (χ3v) is 10.6. The second-order valence-corrected chi connectivity index (χ2v) is 13.2. The smallest absolute Gasteiger partial charge is 0.417 e. The van der Waals surface area contributed by atoms with Crippen LogP contribution in [0.3, 0.4) is 0 Å². The summed E-state index contributed by atoms with van der Waals surface area (Å²) < 4.78 is 45.4. The Kier molecular flexibility index (Phi) is 7.69. The van der Waals surface area contributed by atoms with Crippen molar-refractivity contribution >= 4 is 52.6 Å². The van der Waals surface area contributed by atoms with Crippen LogP contribution in [0, 0.1) is 23.7 Å². The van der Waals surface area contributed by atoms with Gasteiger partial charge in [0.2, 0.25) is 0 Å². The monoisotopic (exact) mass is 716 g/mol. The van der Waals surface area contributed by atoms with E-state index in [0.29, 0.717) is 39.0 Å². The van der Waals surface area contributed by atoms with Crippen LogP contribution in [0.15, 0.2) is 66.4 Å². The van der Waals surface area contributed by atoms with Crippen LogP contribution in [0.4, 0.5) is 19.0 Å². The maximum Gasteiger partial charge on any atom is 0.417 e. The molecule has 2 saturated heterocycles. The standard InChI is InChI=1S/C33H25Cl2F3N4O7/c1-49-24-10-14(2-9-23(24)43)26-18-7-8-19-25(30(46)42(48)28(19)44)20(18)12-21-29(45)41(31(47)32(21,26)15-3-5-17(34)6-4-15)40-27-22(35)11-16(13-39-27)33(36,37)38/h2-7,9-11,13,19-21,25-26,43,48H,8,12H2,1H3,(H,39,40). The minimum atomic E-state index is -4.76. The fraction of sp³-hybridized carbons (Fsp3) is 0.303. The average molecular weight is 717 g/mol. The average Bonchev–Trinajstić information content (AvgIpc) is 3.42. The number of methoxy groups -OCH3 is 1. The summed E-state index contributed by atoms with van der Waals surface area (Å²) in [6.45, 7) is 0. The lowest BCUT2D eigenvalue weighted by atomic mass is 9.49. The quantitative estimate of drug-likeness (QED) is 0.177. The van der Waals surface area contributed by atoms with Crippen molar-refractivity contribution in [2.45, 2.75) is 30.4 Å². The Morgan fingerprint density at radius 3 is 2.37 bits per heavy atom. The number of fused-ring (bicyclic) bond motifs is 4. The second-order valence-electron chi connectivity index (χ2n) is 12.3. The highest BCUT2D eigenvalue weighted by molar-refractivity contribution is 6.33. The van der Waals surface area contributed by atoms with Gasteiger partial charge in [0, 0.05) is 17.1 Å². The number of carbonyl (C=O) groups excluding carboxylic acids is 4. The molecule has 2 aliphatic heterocycles. The van der Waals surface area contributed by atoms with Crippen molar-refractivity contribution in [1.82, 2.24) is 15.1 Å². The molecular weight excluding hydrogens is 692 g/mol. The highest BCUT2D eigenvalue weighted by Crippen LogP contribution is 2.64. The van der Waals surface area contributed by atoms with Crippen LogP contribution >= 0.6 is 23.2 Å². The lowest BCUT2D eigenvalue weighted by Crippen LogP contribution is -2.53. The van der Waals surface area contributed by atoms with Crippen LogP contribution < -0.4 is 10.2 Å². The molecule has 3 aromatic rings. The van der Waals surface area contributed by atoms with Gasteiger partial charge in [-0.05, 0) is 60.2 Å². The summed E-state index contributed by atoms with van der Waals surface area (Å²) in [7, 11) is 1.33. The molecule has 16 heteroatoms. The maximum absolute atomic E-state index is 15.1. The van der Waals surface area contributed by atoms with Crippen molar-refractivity contribution < 1.29 is 47.4 Å². The summed E-state index contributed by atoms with van der Waals surface area (Å²) in [6, 6.07) is 11.3. The number of hydrogen-bond acceptors (Lipinski definition) is 9. The highest BCUT2D eigenvalue weighted by Gasteiger charge is 2.70. The Balaban J connectivity index is 1.45. The third kappa shape index (κ3) is 4.79. The Bertz CT molecular complexity index is 1970. The molecule has 7 rings (SSSR count). The maximum atomic E-state index is 15.1. The summed E-state index contributed by atoms with van der Waals surface area (Å²) in [6.07, 6.45) is -2.57. The minimum absolute atomic E-state index is 0.0536. The molecule has 254 valence electrons. The van der Waals surface area contributed by atoms with E-state index in [1.807, 2.05) is 0 Å². The van der Waals surface area contributed by atoms with E-state index >= 15 is 4.79 Å². The molecule has 1 saturated carbocycles. The number of aromatic hydroxyl groups is 1. The number of imide groups is 2. The zero-order valence-electron chi connectivity index (χ0n) is 25.2. The molecule has 4 aliphatic rings. The molecule has 0 bridgehead atoms. The van der Waals surface area contributed by atoms with Gasteiger partial charge in [0.15, 0.2) is 17.3 Å². The van der Waals surface area contributed by atoms with E-state index in [1.165, 1.54) is 19.2 Å². The molecule has 6 unspecified atom stereocenters. The fourth-order valence-corrected chi connectivity index (χ4v) is 8.35. The molecule has 2 aromatic carbocycles. The molecule has 3 heterocycles. The SMILES string of the molecule is COc1cc(C2C3=CCC4C(=O)N(O)C(=O)C4C3CC3C(=O)N(Nc4ncc(C(F)(F)F)cc4Cl)C(=O)C32c2ccc(Cl)cc2)ccc1O. The molecule has 4 amide bonds. The number of hydrogen-bond donors (Lipinski definition) is 3. The first-order chi connectivity index (χ1) is 23.2. The summed E-state index contributed by atoms with van der Waals surface area (Å²) in [5, 5.41) is 21.4. The number of nitrogens with zero attached hydrogens (tertiary/aromatic N) is 3. The second kappa shape index (κ2) is 11.5. The number of rotatable bonds is 5. The molecule has 6 atom stereocenters. The van der Waals surface area contributed by atoms with Crippen LogP contribution in [-0.4, -0.2) is 56.1 Å². The normalized spacial score (nSPS) is 27.9. The van der Waals surface area contributed by atoms with E-state index in [2.05, 4.69) is 10.4 Å². The van der Waals surface area contributed by atoms with Crippen molar-refractivity contribution in [2.75, 3.05) is 12.5 Å². The first kappa shape index (κ1) is 32.9. The number of halogens is 5. The minimum Gasteiger partial charge on any atom is -0.504 e. The number of benzene rings is 2. The molecule has 49 heavy (non-hydrogen) atoms. The van der Waals surface area contributed by atoms with Gasteiger partial charge in [0.05, 0.1) is 40.9 Å². The van der Waals surface area contributed by atoms with Crippen molar-refractivity contribution in [2.24, 2.45) is 23.7 Å². The van der Waals surface area contributed by atoms with Gasteiger partial charge in [0.1, 0.15) is 0 Å². The van der Waals surface area contributed by atoms with E-state index in [0.717, 1.165) is 0 Å². The van der Waals surface area contributed by atoms with Gasteiger partial charge in [-0.1, -0.05) is 53.1 Å². The Hall–Kier alpha value is -4.66. The van der Waals surface area contributed by atoms with Gasteiger partial charge in [-0.25, -0.2) is 4.98 Å². The lowest BCUT2D eigenvalue weighted by Gasteiger charge is -2.50. The van der Waals surface area contributed by atoms with Gasteiger partial charge in [-0.15, -0.1) is 0 Å². The fourth-order valence-electron chi connectivity index (χ4n) is 8.01. The number of allylic oxidation sites excluding steroid dienone is 2. The number of amides is 4. The van der Waals surface area contributed by atoms with E-state index in [4.69, 9.17) is 27.9 Å². The number of hydroxylamine groups is 2.